The largest absolute Gasteiger partial charge is 0.337 e. The van der Waals surface area contributed by atoms with Crippen LogP contribution in [0.5, 0.6) is 0 Å². The molecule has 0 aliphatic rings. The molecule has 1 aromatic heterocycles. The van der Waals surface area contributed by atoms with Crippen LogP contribution >= 0.6 is 11.6 Å². The highest BCUT2D eigenvalue weighted by Gasteiger charge is 2.05. The highest BCUT2D eigenvalue weighted by molar-refractivity contribution is 6.30. The molecule has 0 radical (unpaired) electrons. The molecular formula is C14H15ClN2O. The fraction of sp³-hybridized carbons (Fsp3) is 0.286. The molecule has 0 N–H and O–H groups in total. The van der Waals surface area contributed by atoms with E-state index >= 15 is 0 Å². The van der Waals surface area contributed by atoms with Gasteiger partial charge in [-0.15, -0.1) is 0 Å². The number of aromatic nitrogens is 2. The lowest BCUT2D eigenvalue weighted by Crippen LogP contribution is -2.00. The van der Waals surface area contributed by atoms with Crippen molar-refractivity contribution in [2.45, 2.75) is 25.8 Å². The number of Topliss-reactive ketones (excluding diaryl/α,β-unsaturated/α-hetero) is 1. The topological polar surface area (TPSA) is 34.9 Å². The molecule has 0 amide bonds. The van der Waals surface area contributed by atoms with Gasteiger partial charge in [0.05, 0.1) is 6.33 Å². The van der Waals surface area contributed by atoms with Crippen molar-refractivity contribution in [1.82, 2.24) is 9.55 Å². The summed E-state index contributed by atoms with van der Waals surface area (Å²) in [5, 5.41) is 0.659. The van der Waals surface area contributed by atoms with Gasteiger partial charge in [-0.25, -0.2) is 4.98 Å². The Morgan fingerprint density at radius 1 is 1.22 bits per heavy atom. The molecule has 18 heavy (non-hydrogen) atoms. The SMILES string of the molecule is O=C(CCCCn1ccnc1)c1ccc(Cl)cc1. The second kappa shape index (κ2) is 6.36. The van der Waals surface area contributed by atoms with Crippen molar-refractivity contribution in [3.63, 3.8) is 0 Å². The van der Waals surface area contributed by atoms with Crippen LogP contribution in [0, 0.1) is 0 Å². The van der Waals surface area contributed by atoms with Crippen molar-refractivity contribution in [2.24, 2.45) is 0 Å². The van der Waals surface area contributed by atoms with Gasteiger partial charge in [0.25, 0.3) is 0 Å². The van der Waals surface area contributed by atoms with Gasteiger partial charge in [0.2, 0.25) is 0 Å². The first kappa shape index (κ1) is 12.8. The fourth-order valence-corrected chi connectivity index (χ4v) is 1.91. The molecule has 0 bridgehead atoms. The minimum Gasteiger partial charge on any atom is -0.337 e. The van der Waals surface area contributed by atoms with Crippen LogP contribution in [0.15, 0.2) is 43.0 Å². The summed E-state index contributed by atoms with van der Waals surface area (Å²) in [5.41, 5.74) is 0.738. The summed E-state index contributed by atoms with van der Waals surface area (Å²) in [4.78, 5) is 15.8. The van der Waals surface area contributed by atoms with Crippen LogP contribution < -0.4 is 0 Å². The van der Waals surface area contributed by atoms with Gasteiger partial charge in [-0.05, 0) is 37.1 Å². The number of ketones is 1. The summed E-state index contributed by atoms with van der Waals surface area (Å²) in [5.74, 6) is 0.178. The zero-order valence-corrected chi connectivity index (χ0v) is 10.8. The molecule has 0 saturated heterocycles. The zero-order chi connectivity index (χ0) is 12.8. The van der Waals surface area contributed by atoms with Crippen LogP contribution in [0.3, 0.4) is 0 Å². The van der Waals surface area contributed by atoms with Crippen LogP contribution in [-0.4, -0.2) is 15.3 Å². The first-order valence-corrected chi connectivity index (χ1v) is 6.38. The number of benzene rings is 1. The Hall–Kier alpha value is -1.61. The summed E-state index contributed by atoms with van der Waals surface area (Å²) in [6, 6.07) is 7.06. The molecule has 0 aliphatic carbocycles. The third-order valence-corrected chi connectivity index (χ3v) is 3.05. The highest BCUT2D eigenvalue weighted by Crippen LogP contribution is 2.12. The molecule has 0 aliphatic heterocycles. The molecule has 1 heterocycles. The lowest BCUT2D eigenvalue weighted by atomic mass is 10.1. The van der Waals surface area contributed by atoms with E-state index in [0.717, 1.165) is 24.9 Å². The van der Waals surface area contributed by atoms with Crippen LogP contribution in [0.25, 0.3) is 0 Å². The average Bonchev–Trinajstić information content (AvgIpc) is 2.88. The molecular weight excluding hydrogens is 248 g/mol. The average molecular weight is 263 g/mol. The molecule has 3 nitrogen and oxygen atoms in total. The normalized spacial score (nSPS) is 10.5. The van der Waals surface area contributed by atoms with Crippen LogP contribution in [0.2, 0.25) is 5.02 Å². The van der Waals surface area contributed by atoms with E-state index in [1.807, 2.05) is 10.8 Å². The fourth-order valence-electron chi connectivity index (χ4n) is 1.78. The van der Waals surface area contributed by atoms with Crippen molar-refractivity contribution in [1.29, 1.82) is 0 Å². The van der Waals surface area contributed by atoms with E-state index < -0.39 is 0 Å². The minimum atomic E-state index is 0.178. The molecule has 0 fully saturated rings. The maximum Gasteiger partial charge on any atom is 0.162 e. The lowest BCUT2D eigenvalue weighted by Gasteiger charge is -2.03. The van der Waals surface area contributed by atoms with Crippen molar-refractivity contribution in [2.75, 3.05) is 0 Å². The number of hydrogen-bond acceptors (Lipinski definition) is 2. The van der Waals surface area contributed by atoms with E-state index in [9.17, 15) is 4.79 Å². The van der Waals surface area contributed by atoms with Crippen LogP contribution in [0.1, 0.15) is 29.6 Å². The van der Waals surface area contributed by atoms with E-state index in [1.165, 1.54) is 0 Å². The number of aryl methyl sites for hydroxylation is 1. The van der Waals surface area contributed by atoms with Crippen molar-refractivity contribution in [3.8, 4) is 0 Å². The summed E-state index contributed by atoms with van der Waals surface area (Å²) in [6.07, 6.45) is 7.94. The molecule has 1 aromatic carbocycles. The Labute approximate surface area is 111 Å². The Morgan fingerprint density at radius 3 is 2.67 bits per heavy atom. The summed E-state index contributed by atoms with van der Waals surface area (Å²) >= 11 is 5.78. The van der Waals surface area contributed by atoms with E-state index in [4.69, 9.17) is 11.6 Å². The maximum absolute atomic E-state index is 11.9. The first-order chi connectivity index (χ1) is 8.75. The van der Waals surface area contributed by atoms with Crippen LogP contribution in [-0.2, 0) is 6.54 Å². The van der Waals surface area contributed by atoms with Gasteiger partial charge in [-0.1, -0.05) is 11.6 Å². The molecule has 0 spiro atoms. The van der Waals surface area contributed by atoms with Gasteiger partial charge in [0.1, 0.15) is 0 Å². The predicted octanol–water partition coefficient (Wildman–Crippen LogP) is 3.59. The molecule has 0 unspecified atom stereocenters. The smallest absolute Gasteiger partial charge is 0.162 e. The van der Waals surface area contributed by atoms with E-state index in [-0.39, 0.29) is 5.78 Å². The molecule has 2 aromatic rings. The Balaban J connectivity index is 1.73. The van der Waals surface area contributed by atoms with Crippen LogP contribution in [0.4, 0.5) is 0 Å². The van der Waals surface area contributed by atoms with E-state index in [0.29, 0.717) is 11.4 Å². The van der Waals surface area contributed by atoms with Gasteiger partial charge < -0.3 is 4.57 Å². The maximum atomic E-state index is 11.9. The number of imidazole rings is 1. The number of nitrogens with zero attached hydrogens (tertiary/aromatic N) is 2. The number of carbonyl (C=O) groups is 1. The monoisotopic (exact) mass is 262 g/mol. The van der Waals surface area contributed by atoms with Crippen molar-refractivity contribution < 1.29 is 4.79 Å². The zero-order valence-electron chi connectivity index (χ0n) is 10.1. The molecule has 2 rings (SSSR count). The third-order valence-electron chi connectivity index (χ3n) is 2.80. The predicted molar refractivity (Wildman–Crippen MR) is 71.9 cm³/mol. The molecule has 0 saturated carbocycles. The Bertz CT molecular complexity index is 491. The number of halogens is 1. The summed E-state index contributed by atoms with van der Waals surface area (Å²) in [6.45, 7) is 0.911. The van der Waals surface area contributed by atoms with E-state index in [2.05, 4.69) is 4.98 Å². The molecule has 4 heteroatoms. The number of unbranched alkanes of at least 4 members (excludes halogenated alkanes) is 1. The van der Waals surface area contributed by atoms with Crippen molar-refractivity contribution >= 4 is 17.4 Å². The second-order valence-corrected chi connectivity index (χ2v) is 4.62. The molecule has 0 atom stereocenters. The lowest BCUT2D eigenvalue weighted by molar-refractivity contribution is 0.0979. The van der Waals surface area contributed by atoms with Gasteiger partial charge in [-0.2, -0.15) is 0 Å². The van der Waals surface area contributed by atoms with Gasteiger partial charge in [-0.3, -0.25) is 4.79 Å². The highest BCUT2D eigenvalue weighted by atomic mass is 35.5. The Morgan fingerprint density at radius 2 is 2.00 bits per heavy atom. The second-order valence-electron chi connectivity index (χ2n) is 4.19. The molecule has 94 valence electrons. The Kier molecular flexibility index (Phi) is 4.53. The number of hydrogen-bond donors (Lipinski definition) is 0. The van der Waals surface area contributed by atoms with Gasteiger partial charge >= 0.3 is 0 Å². The number of rotatable bonds is 6. The standard InChI is InChI=1S/C14H15ClN2O/c15-13-6-4-12(5-7-13)14(18)3-1-2-9-17-10-8-16-11-17/h4-8,10-11H,1-3,9H2. The van der Waals surface area contributed by atoms with Gasteiger partial charge in [0, 0.05) is 35.9 Å². The van der Waals surface area contributed by atoms with E-state index in [1.54, 1.807) is 36.8 Å². The first-order valence-electron chi connectivity index (χ1n) is 6.00. The summed E-state index contributed by atoms with van der Waals surface area (Å²) < 4.78 is 2.02. The quantitative estimate of drug-likeness (QED) is 0.589. The number of carbonyl (C=O) groups excluding carboxylic acids is 1. The van der Waals surface area contributed by atoms with Gasteiger partial charge in [0.15, 0.2) is 5.78 Å². The third kappa shape index (κ3) is 3.70. The minimum absolute atomic E-state index is 0.178. The van der Waals surface area contributed by atoms with Crippen molar-refractivity contribution in [3.05, 3.63) is 53.6 Å². The summed E-state index contributed by atoms with van der Waals surface area (Å²) in [7, 11) is 0.